The third kappa shape index (κ3) is 11.8. The number of esters is 1. The summed E-state index contributed by atoms with van der Waals surface area (Å²) in [5.41, 5.74) is 0. The van der Waals surface area contributed by atoms with Crippen molar-refractivity contribution in [3.63, 3.8) is 0 Å². The molecule has 424 valence electrons. The van der Waals surface area contributed by atoms with Crippen molar-refractivity contribution in [2.24, 2.45) is 0 Å². The lowest BCUT2D eigenvalue weighted by atomic mass is 9.94. The van der Waals surface area contributed by atoms with Gasteiger partial charge >= 0.3 is 5.97 Å². The Kier molecular flexibility index (Phi) is 20.1. The van der Waals surface area contributed by atoms with Gasteiger partial charge in [-0.25, -0.2) is 4.79 Å². The van der Waals surface area contributed by atoms with Crippen LogP contribution in [0.15, 0.2) is 0 Å². The number of carbonyl (C=O) groups excluding carboxylic acids is 1. The van der Waals surface area contributed by atoms with E-state index in [0.717, 1.165) is 6.92 Å². The van der Waals surface area contributed by atoms with Gasteiger partial charge in [0.15, 0.2) is 49.9 Å². The van der Waals surface area contributed by atoms with Gasteiger partial charge in [-0.3, -0.25) is 0 Å². The second kappa shape index (κ2) is 24.9. The molecule has 0 aromatic rings. The van der Waals surface area contributed by atoms with Gasteiger partial charge in [-0.05, 0) is 6.92 Å². The lowest BCUT2D eigenvalue weighted by Gasteiger charge is -2.51. The van der Waals surface area contributed by atoms with Crippen molar-refractivity contribution in [2.75, 3.05) is 39.6 Å². The SMILES string of the molecule is CC(O)C(O)C(=O)O[C@@H]1[C@@H](O)[C@H]2O[C@H]3[C@H](O)[C@@H](O)[C@@H](O[C@H]4[C@H](O)[C@@H](O)[C@@H](O[C@H]5[C@H](O)[C@@H](O)[C@@H](O[C@H]6[C@H](O)[C@@H](O)[C@@H](O[C@H]7[C@H](O)[C@@H](O)[C@@H](O[C@H]1[C@@H](CO)O2)O[C@@H]7CO)O[C@@H]6CO)O[C@@H]5CO)O[C@@H]4CO)O[C@@H]3CO. The van der Waals surface area contributed by atoms with Gasteiger partial charge < -0.3 is 159 Å². The maximum Gasteiger partial charge on any atom is 0.338 e. The Morgan fingerprint density at radius 3 is 0.767 bits per heavy atom. The van der Waals surface area contributed by atoms with Crippen LogP contribution < -0.4 is 0 Å². The van der Waals surface area contributed by atoms with Crippen molar-refractivity contribution in [1.29, 1.82) is 0 Å². The van der Waals surface area contributed by atoms with E-state index in [0.29, 0.717) is 0 Å². The van der Waals surface area contributed by atoms with Crippen LogP contribution >= 0.6 is 0 Å². The number of aliphatic hydroxyl groups excluding tert-OH is 19. The molecule has 33 nitrogen and oxygen atoms in total. The van der Waals surface area contributed by atoms with Gasteiger partial charge in [-0.1, -0.05) is 0 Å². The van der Waals surface area contributed by atoms with Crippen LogP contribution in [0.2, 0.25) is 0 Å². The minimum atomic E-state index is -2.36. The molecule has 12 bridgehead atoms. The minimum absolute atomic E-state index is 0.989. The zero-order valence-electron chi connectivity index (χ0n) is 38.4. The normalized spacial score (nSPS) is 52.0. The Morgan fingerprint density at radius 2 is 0.548 bits per heavy atom. The fraction of sp³-hybridized carbons (Fsp3) is 0.975. The number of hydrogen-bond acceptors (Lipinski definition) is 33. The van der Waals surface area contributed by atoms with Crippen LogP contribution in [0.25, 0.3) is 0 Å². The molecule has 22 heterocycles. The van der Waals surface area contributed by atoms with Crippen LogP contribution in [0.4, 0.5) is 0 Å². The molecule has 0 aliphatic carbocycles. The largest absolute Gasteiger partial charge is 0.455 e. The van der Waals surface area contributed by atoms with Crippen molar-refractivity contribution in [3.05, 3.63) is 0 Å². The second-order valence-corrected chi connectivity index (χ2v) is 18.4. The molecular formula is C40H66O33. The molecule has 0 aromatic carbocycles. The van der Waals surface area contributed by atoms with Crippen LogP contribution in [-0.2, 0) is 66.4 Å². The number of ether oxygens (including phenoxy) is 13. The molecule has 22 rings (SSSR count). The highest BCUT2D eigenvalue weighted by Crippen LogP contribution is 2.38. The topological polar surface area (TPSA) is 521 Å². The molecule has 22 aliphatic rings. The van der Waals surface area contributed by atoms with E-state index < -0.39 is 242 Å². The van der Waals surface area contributed by atoms with Gasteiger partial charge in [-0.2, -0.15) is 0 Å². The summed E-state index contributed by atoms with van der Waals surface area (Å²) in [5, 5.41) is 207. The van der Waals surface area contributed by atoms with Crippen molar-refractivity contribution in [3.8, 4) is 0 Å². The monoisotopic (exact) mass is 1070 g/mol. The van der Waals surface area contributed by atoms with Gasteiger partial charge in [0.1, 0.15) is 140 Å². The summed E-state index contributed by atoms with van der Waals surface area (Å²) in [6, 6.07) is 0. The van der Waals surface area contributed by atoms with E-state index in [1.165, 1.54) is 0 Å². The number of hydrogen-bond donors (Lipinski definition) is 19. The Bertz CT molecular complexity index is 1730. The molecule has 73 heavy (non-hydrogen) atoms. The molecule has 0 aromatic heterocycles. The zero-order chi connectivity index (χ0) is 53.5. The van der Waals surface area contributed by atoms with Gasteiger partial charge in [0, 0.05) is 0 Å². The smallest absolute Gasteiger partial charge is 0.338 e. The van der Waals surface area contributed by atoms with E-state index >= 15 is 0 Å². The van der Waals surface area contributed by atoms with E-state index in [9.17, 15) is 102 Å². The lowest BCUT2D eigenvalue weighted by Crippen LogP contribution is -2.69. The van der Waals surface area contributed by atoms with Gasteiger partial charge in [0.05, 0.1) is 45.7 Å². The van der Waals surface area contributed by atoms with E-state index in [1.54, 1.807) is 0 Å². The molecule has 0 spiro atoms. The fourth-order valence-electron chi connectivity index (χ4n) is 9.45. The Morgan fingerprint density at radius 1 is 0.342 bits per heavy atom. The minimum Gasteiger partial charge on any atom is -0.455 e. The van der Waals surface area contributed by atoms with Gasteiger partial charge in [0.25, 0.3) is 0 Å². The molecule has 22 aliphatic heterocycles. The first-order chi connectivity index (χ1) is 34.6. The van der Waals surface area contributed by atoms with Crippen LogP contribution in [0, 0.1) is 0 Å². The van der Waals surface area contributed by atoms with Crippen LogP contribution in [-0.4, -0.2) is 339 Å². The predicted octanol–water partition coefficient (Wildman–Crippen LogP) is -13.8. The standard InChI is InChI=1S/C40H66O33/c1-8(47)15(48)34(60)67-33-26(59)40-66-14(7-46)32(33)73-39-25(58)20(53)30(12(5-44)65-39)71-37-23(56)18(51)28(10(3-42)63-37)69-35-21(54)16(49)27(9(2-41)61-35)68-36-22(55)17(50)29(11(4-43)62-36)70-38-24(57)19(52)31(72-40)13(6-45)64-38/h8-33,35-59H,2-7H2,1H3/t8?,9-,10-,11-,12-,13-,14-,15?,16-,17-,18-,19-,20-,21-,22-,23-,24-,25-,26-,27-,28-,29-,30-,31-,32+,33-,35-,36-,37-,38-,39-,40-/m1/s1. The number of aliphatic hydroxyl groups is 19. The molecule has 2 unspecified atom stereocenters. The molecule has 22 saturated heterocycles. The lowest BCUT2D eigenvalue weighted by molar-refractivity contribution is -0.404. The first kappa shape index (κ1) is 58.9. The van der Waals surface area contributed by atoms with E-state index in [4.69, 9.17) is 61.6 Å². The summed E-state index contributed by atoms with van der Waals surface area (Å²) in [6.45, 7) is -5.44. The Hall–Kier alpha value is -1.77. The first-order valence-electron chi connectivity index (χ1n) is 23.2. The number of rotatable bonds is 9. The molecule has 0 radical (unpaired) electrons. The zero-order valence-corrected chi connectivity index (χ0v) is 38.4. The quantitative estimate of drug-likeness (QED) is 0.0954. The second-order valence-electron chi connectivity index (χ2n) is 18.4. The van der Waals surface area contributed by atoms with E-state index in [2.05, 4.69) is 0 Å². The van der Waals surface area contributed by atoms with Crippen LogP contribution in [0.5, 0.6) is 0 Å². The van der Waals surface area contributed by atoms with E-state index in [1.807, 2.05) is 0 Å². The summed E-state index contributed by atoms with van der Waals surface area (Å²) in [5.74, 6) is -1.62. The van der Waals surface area contributed by atoms with Crippen molar-refractivity contribution in [1.82, 2.24) is 0 Å². The van der Waals surface area contributed by atoms with Gasteiger partial charge in [-0.15, -0.1) is 0 Å². The highest BCUT2D eigenvalue weighted by molar-refractivity contribution is 5.75. The first-order valence-corrected chi connectivity index (χ1v) is 23.2. The highest BCUT2D eigenvalue weighted by Gasteiger charge is 2.59. The summed E-state index contributed by atoms with van der Waals surface area (Å²) < 4.78 is 73.8. The molecule has 22 fully saturated rings. The van der Waals surface area contributed by atoms with Crippen molar-refractivity contribution >= 4 is 5.97 Å². The molecular weight excluding hydrogens is 1010 g/mol. The maximum atomic E-state index is 13.1. The molecule has 33 heteroatoms. The number of carbonyl (C=O) groups is 1. The summed E-state index contributed by atoms with van der Waals surface area (Å²) in [6.07, 6.45) is -65.4. The van der Waals surface area contributed by atoms with Crippen LogP contribution in [0.3, 0.4) is 0 Å². The summed E-state index contributed by atoms with van der Waals surface area (Å²) in [4.78, 5) is 13.1. The maximum absolute atomic E-state index is 13.1. The van der Waals surface area contributed by atoms with E-state index in [-0.39, 0.29) is 0 Å². The Labute approximate surface area is 412 Å². The van der Waals surface area contributed by atoms with Gasteiger partial charge in [0.2, 0.25) is 0 Å². The fourth-order valence-corrected chi connectivity index (χ4v) is 9.45. The predicted molar refractivity (Wildman–Crippen MR) is 217 cm³/mol. The summed E-state index contributed by atoms with van der Waals surface area (Å²) in [7, 11) is 0. The highest BCUT2D eigenvalue weighted by atomic mass is 16.8. The Balaban J connectivity index is 1.23. The molecule has 32 atom stereocenters. The average molecular weight is 1070 g/mol. The van der Waals surface area contributed by atoms with Crippen molar-refractivity contribution < 1.29 is 163 Å². The van der Waals surface area contributed by atoms with Crippen LogP contribution in [0.1, 0.15) is 6.92 Å². The summed E-state index contributed by atoms with van der Waals surface area (Å²) >= 11 is 0. The third-order valence-corrected chi connectivity index (χ3v) is 13.6. The molecule has 19 N–H and O–H groups in total. The average Bonchev–Trinajstić information content (AvgIpc) is 3.37. The molecule has 0 saturated carbocycles. The third-order valence-electron chi connectivity index (χ3n) is 13.6. The van der Waals surface area contributed by atoms with Crippen molar-refractivity contribution in [2.45, 2.75) is 203 Å². The molecule has 0 amide bonds.